The zero-order chi connectivity index (χ0) is 21.6. The van der Waals surface area contributed by atoms with Gasteiger partial charge in [-0.05, 0) is 12.1 Å². The van der Waals surface area contributed by atoms with E-state index in [4.69, 9.17) is 9.26 Å². The molecular weight excluding hydrogens is 396 g/mol. The van der Waals surface area contributed by atoms with Crippen molar-refractivity contribution in [1.29, 1.82) is 0 Å². The maximum Gasteiger partial charge on any atom is 0.277 e. The van der Waals surface area contributed by atoms with Crippen LogP contribution in [0.5, 0.6) is 0 Å². The second-order valence-electron chi connectivity index (χ2n) is 8.88. The standard InChI is InChI=1S/C22H26N6O3/c1-22(2,3)21-24-19(25-31-21)17-18-20(29)27(9-8-26-10-12-30-13-11-26)15-6-4-5-7-16(15)28(18)14-23-17/h4-7,14H,8-13H2,1-3H3. The summed E-state index contributed by atoms with van der Waals surface area (Å²) in [5.74, 6) is 0.844. The van der Waals surface area contributed by atoms with Crippen molar-refractivity contribution in [2.75, 3.05) is 32.8 Å². The molecule has 31 heavy (non-hydrogen) atoms. The highest BCUT2D eigenvalue weighted by molar-refractivity contribution is 5.83. The van der Waals surface area contributed by atoms with Crippen LogP contribution in [0.3, 0.4) is 0 Å². The van der Waals surface area contributed by atoms with Gasteiger partial charge in [-0.2, -0.15) is 4.98 Å². The first-order valence-corrected chi connectivity index (χ1v) is 10.6. The second-order valence-corrected chi connectivity index (χ2v) is 8.88. The molecule has 3 aromatic heterocycles. The van der Waals surface area contributed by atoms with Gasteiger partial charge in [0, 0.05) is 31.6 Å². The Balaban J connectivity index is 1.64. The van der Waals surface area contributed by atoms with E-state index in [1.165, 1.54) is 0 Å². The molecule has 162 valence electrons. The van der Waals surface area contributed by atoms with E-state index in [1.807, 2.05) is 54.0 Å². The summed E-state index contributed by atoms with van der Waals surface area (Å²) in [6, 6.07) is 7.88. The van der Waals surface area contributed by atoms with Gasteiger partial charge in [0.1, 0.15) is 17.5 Å². The van der Waals surface area contributed by atoms with Gasteiger partial charge in [-0.3, -0.25) is 14.1 Å². The Bertz CT molecular complexity index is 1290. The molecule has 1 aliphatic rings. The lowest BCUT2D eigenvalue weighted by Crippen LogP contribution is -2.39. The number of fused-ring (bicyclic) bond motifs is 3. The van der Waals surface area contributed by atoms with Gasteiger partial charge < -0.3 is 13.8 Å². The van der Waals surface area contributed by atoms with Crippen molar-refractivity contribution in [3.8, 4) is 11.5 Å². The zero-order valence-corrected chi connectivity index (χ0v) is 18.0. The molecule has 5 rings (SSSR count). The molecule has 1 aromatic carbocycles. The Kier molecular flexibility index (Phi) is 4.86. The molecule has 1 fully saturated rings. The third-order valence-electron chi connectivity index (χ3n) is 5.67. The molecule has 0 saturated carbocycles. The normalized spacial score (nSPS) is 15.8. The van der Waals surface area contributed by atoms with E-state index in [9.17, 15) is 4.79 Å². The average Bonchev–Trinajstić information content (AvgIpc) is 3.42. The van der Waals surface area contributed by atoms with Gasteiger partial charge in [-0.15, -0.1) is 0 Å². The van der Waals surface area contributed by atoms with E-state index in [2.05, 4.69) is 20.0 Å². The quantitative estimate of drug-likeness (QED) is 0.498. The van der Waals surface area contributed by atoms with Crippen LogP contribution in [0.1, 0.15) is 26.7 Å². The van der Waals surface area contributed by atoms with Crippen molar-refractivity contribution < 1.29 is 9.26 Å². The number of hydrogen-bond donors (Lipinski definition) is 0. The van der Waals surface area contributed by atoms with Gasteiger partial charge in [0.15, 0.2) is 0 Å². The molecule has 1 saturated heterocycles. The first kappa shape index (κ1) is 19.9. The van der Waals surface area contributed by atoms with Crippen LogP contribution >= 0.6 is 0 Å². The third kappa shape index (κ3) is 3.53. The molecule has 0 amide bonds. The lowest BCUT2D eigenvalue weighted by Gasteiger charge is -2.27. The lowest BCUT2D eigenvalue weighted by atomic mass is 9.97. The Morgan fingerprint density at radius 2 is 1.81 bits per heavy atom. The summed E-state index contributed by atoms with van der Waals surface area (Å²) >= 11 is 0. The molecule has 0 spiro atoms. The third-order valence-corrected chi connectivity index (χ3v) is 5.67. The number of imidazole rings is 1. The molecule has 0 unspecified atom stereocenters. The van der Waals surface area contributed by atoms with E-state index in [-0.39, 0.29) is 11.0 Å². The van der Waals surface area contributed by atoms with Crippen molar-refractivity contribution in [3.05, 3.63) is 46.8 Å². The van der Waals surface area contributed by atoms with E-state index in [0.29, 0.717) is 29.5 Å². The number of para-hydroxylation sites is 2. The maximum atomic E-state index is 13.6. The molecule has 9 heteroatoms. The van der Waals surface area contributed by atoms with Gasteiger partial charge in [0.05, 0.1) is 24.2 Å². The number of rotatable bonds is 4. The molecule has 4 heterocycles. The van der Waals surface area contributed by atoms with Crippen molar-refractivity contribution in [2.45, 2.75) is 32.7 Å². The summed E-state index contributed by atoms with van der Waals surface area (Å²) in [4.78, 5) is 25.0. The van der Waals surface area contributed by atoms with Crippen molar-refractivity contribution in [1.82, 2.24) is 29.0 Å². The Labute approximate surface area is 179 Å². The summed E-state index contributed by atoms with van der Waals surface area (Å²) in [5.41, 5.74) is 2.29. The summed E-state index contributed by atoms with van der Waals surface area (Å²) < 4.78 is 14.5. The average molecular weight is 422 g/mol. The number of hydrogen-bond acceptors (Lipinski definition) is 7. The molecule has 9 nitrogen and oxygen atoms in total. The first-order chi connectivity index (χ1) is 14.9. The number of ether oxygens (including phenoxy) is 1. The fourth-order valence-corrected chi connectivity index (χ4v) is 3.94. The minimum Gasteiger partial charge on any atom is -0.379 e. The first-order valence-electron chi connectivity index (χ1n) is 10.6. The number of aromatic nitrogens is 5. The predicted octanol–water partition coefficient (Wildman–Crippen LogP) is 2.33. The Morgan fingerprint density at radius 1 is 1.06 bits per heavy atom. The fourth-order valence-electron chi connectivity index (χ4n) is 3.94. The van der Waals surface area contributed by atoms with Crippen LogP contribution in [0, 0.1) is 0 Å². The van der Waals surface area contributed by atoms with Crippen molar-refractivity contribution >= 4 is 16.6 Å². The summed E-state index contributed by atoms with van der Waals surface area (Å²) in [6.07, 6.45) is 1.66. The summed E-state index contributed by atoms with van der Waals surface area (Å²) in [6.45, 7) is 10.6. The Hall–Kier alpha value is -3.04. The van der Waals surface area contributed by atoms with Crippen molar-refractivity contribution in [2.24, 2.45) is 0 Å². The topological polar surface area (TPSA) is 90.7 Å². The smallest absolute Gasteiger partial charge is 0.277 e. The predicted molar refractivity (Wildman–Crippen MR) is 116 cm³/mol. The van der Waals surface area contributed by atoms with Crippen LogP contribution in [0.15, 0.2) is 39.9 Å². The van der Waals surface area contributed by atoms with Gasteiger partial charge >= 0.3 is 0 Å². The largest absolute Gasteiger partial charge is 0.379 e. The van der Waals surface area contributed by atoms with Crippen LogP contribution in [-0.2, 0) is 16.7 Å². The fraction of sp³-hybridized carbons (Fsp3) is 0.455. The monoisotopic (exact) mass is 422 g/mol. The number of benzene rings is 1. The summed E-state index contributed by atoms with van der Waals surface area (Å²) in [7, 11) is 0. The van der Waals surface area contributed by atoms with Gasteiger partial charge in [0.2, 0.25) is 11.7 Å². The SMILES string of the molecule is CC(C)(C)c1nc(-c2ncn3c2c(=O)n(CCN2CCOCC2)c2ccccc23)no1. The molecule has 0 bridgehead atoms. The molecule has 0 aliphatic carbocycles. The maximum absolute atomic E-state index is 13.6. The van der Waals surface area contributed by atoms with Crippen LogP contribution < -0.4 is 5.56 Å². The van der Waals surface area contributed by atoms with E-state index in [1.54, 1.807) is 6.33 Å². The van der Waals surface area contributed by atoms with Crippen LogP contribution in [0.4, 0.5) is 0 Å². The molecule has 1 aliphatic heterocycles. The van der Waals surface area contributed by atoms with Crippen LogP contribution in [0.25, 0.3) is 28.1 Å². The molecule has 0 N–H and O–H groups in total. The Morgan fingerprint density at radius 3 is 2.52 bits per heavy atom. The van der Waals surface area contributed by atoms with E-state index < -0.39 is 0 Å². The number of nitrogens with zero attached hydrogens (tertiary/aromatic N) is 6. The van der Waals surface area contributed by atoms with E-state index >= 15 is 0 Å². The van der Waals surface area contributed by atoms with Crippen LogP contribution in [0.2, 0.25) is 0 Å². The van der Waals surface area contributed by atoms with Gasteiger partial charge in [-0.25, -0.2) is 4.98 Å². The highest BCUT2D eigenvalue weighted by atomic mass is 16.5. The molecule has 4 aromatic rings. The zero-order valence-electron chi connectivity index (χ0n) is 18.0. The van der Waals surface area contributed by atoms with Crippen molar-refractivity contribution in [3.63, 3.8) is 0 Å². The van der Waals surface area contributed by atoms with Gasteiger partial charge in [-0.1, -0.05) is 38.1 Å². The minimum absolute atomic E-state index is 0.110. The van der Waals surface area contributed by atoms with Crippen LogP contribution in [-0.4, -0.2) is 61.8 Å². The molecule has 0 atom stereocenters. The molecule has 0 radical (unpaired) electrons. The van der Waals surface area contributed by atoms with Gasteiger partial charge in [0.25, 0.3) is 5.56 Å². The second kappa shape index (κ2) is 7.58. The highest BCUT2D eigenvalue weighted by Gasteiger charge is 2.25. The molecular formula is C22H26N6O3. The lowest BCUT2D eigenvalue weighted by molar-refractivity contribution is 0.0364. The summed E-state index contributed by atoms with van der Waals surface area (Å²) in [5, 5.41) is 4.11. The minimum atomic E-state index is -0.286. The number of morpholine rings is 1. The van der Waals surface area contributed by atoms with E-state index in [0.717, 1.165) is 43.9 Å². The highest BCUT2D eigenvalue weighted by Crippen LogP contribution is 2.26.